The second-order valence-corrected chi connectivity index (χ2v) is 6.74. The fourth-order valence-electron chi connectivity index (χ4n) is 2.81. The lowest BCUT2D eigenvalue weighted by molar-refractivity contribution is -0.140. The van der Waals surface area contributed by atoms with E-state index in [0.29, 0.717) is 12.1 Å². The van der Waals surface area contributed by atoms with Crippen molar-refractivity contribution >= 4 is 11.8 Å². The van der Waals surface area contributed by atoms with Crippen LogP contribution in [-0.4, -0.2) is 29.3 Å². The topological polar surface area (TPSA) is 49.4 Å². The van der Waals surface area contributed by atoms with E-state index >= 15 is 0 Å². The van der Waals surface area contributed by atoms with Gasteiger partial charge in [-0.1, -0.05) is 43.7 Å². The maximum atomic E-state index is 14.0. The van der Waals surface area contributed by atoms with Crippen molar-refractivity contribution in [3.05, 3.63) is 71.3 Å². The summed E-state index contributed by atoms with van der Waals surface area (Å²) < 4.78 is 27.1. The molecular weight excluding hydrogens is 362 g/mol. The highest BCUT2D eigenvalue weighted by atomic mass is 19.1. The van der Waals surface area contributed by atoms with Crippen LogP contribution in [-0.2, 0) is 22.6 Å². The smallest absolute Gasteiger partial charge is 0.242 e. The van der Waals surface area contributed by atoms with Crippen LogP contribution in [0.2, 0.25) is 0 Å². The number of carbonyl (C=O) groups is 2. The van der Waals surface area contributed by atoms with Crippen LogP contribution >= 0.6 is 0 Å². The highest BCUT2D eigenvalue weighted by Gasteiger charge is 2.26. The van der Waals surface area contributed by atoms with Gasteiger partial charge in [-0.15, -0.1) is 0 Å². The van der Waals surface area contributed by atoms with Crippen molar-refractivity contribution in [1.82, 2.24) is 10.2 Å². The Balaban J connectivity index is 2.18. The second-order valence-electron chi connectivity index (χ2n) is 6.74. The summed E-state index contributed by atoms with van der Waals surface area (Å²) >= 11 is 0. The van der Waals surface area contributed by atoms with E-state index in [1.54, 1.807) is 37.3 Å². The second kappa shape index (κ2) is 10.5. The van der Waals surface area contributed by atoms with Crippen LogP contribution in [0.25, 0.3) is 0 Å². The first-order valence-corrected chi connectivity index (χ1v) is 9.47. The Morgan fingerprint density at radius 2 is 1.75 bits per heavy atom. The minimum Gasteiger partial charge on any atom is -0.354 e. The van der Waals surface area contributed by atoms with Gasteiger partial charge in [0.2, 0.25) is 11.8 Å². The summed E-state index contributed by atoms with van der Waals surface area (Å²) in [5.41, 5.74) is 0.965. The van der Waals surface area contributed by atoms with Crippen molar-refractivity contribution in [2.75, 3.05) is 6.54 Å². The lowest BCUT2D eigenvalue weighted by atomic mass is 10.1. The third-order valence-electron chi connectivity index (χ3n) is 4.56. The molecule has 4 nitrogen and oxygen atoms in total. The molecule has 0 unspecified atom stereocenters. The summed E-state index contributed by atoms with van der Waals surface area (Å²) in [6.07, 6.45) is 1.64. The first-order chi connectivity index (χ1) is 13.4. The molecule has 150 valence electrons. The fourth-order valence-corrected chi connectivity index (χ4v) is 2.81. The Bertz CT molecular complexity index is 793. The van der Waals surface area contributed by atoms with E-state index in [1.807, 2.05) is 6.92 Å². The van der Waals surface area contributed by atoms with Crippen LogP contribution < -0.4 is 5.32 Å². The molecule has 0 aliphatic carbocycles. The molecule has 2 rings (SSSR count). The normalized spacial score (nSPS) is 11.7. The van der Waals surface area contributed by atoms with Crippen LogP contribution in [0, 0.1) is 11.6 Å². The number of nitrogens with zero attached hydrogens (tertiary/aromatic N) is 1. The van der Waals surface area contributed by atoms with Gasteiger partial charge in [0.15, 0.2) is 0 Å². The number of halogens is 2. The lowest BCUT2D eigenvalue weighted by Gasteiger charge is -2.29. The maximum Gasteiger partial charge on any atom is 0.242 e. The maximum absolute atomic E-state index is 14.0. The molecule has 2 aromatic rings. The van der Waals surface area contributed by atoms with Gasteiger partial charge in [-0.05, 0) is 42.7 Å². The number of carbonyl (C=O) groups excluding carboxylic acids is 2. The monoisotopic (exact) mass is 388 g/mol. The average molecular weight is 388 g/mol. The van der Waals surface area contributed by atoms with Gasteiger partial charge in [0.25, 0.3) is 0 Å². The molecule has 0 radical (unpaired) electrons. The summed E-state index contributed by atoms with van der Waals surface area (Å²) in [5, 5.41) is 2.82. The molecule has 0 aliphatic heterocycles. The number of unbranched alkanes of at least 4 members (excludes halogenated alkanes) is 1. The molecule has 0 spiro atoms. The summed E-state index contributed by atoms with van der Waals surface area (Å²) in [6.45, 7) is 4.33. The van der Waals surface area contributed by atoms with Crippen LogP contribution in [0.4, 0.5) is 8.78 Å². The molecule has 28 heavy (non-hydrogen) atoms. The number of amides is 2. The zero-order valence-electron chi connectivity index (χ0n) is 16.3. The lowest BCUT2D eigenvalue weighted by Crippen LogP contribution is -2.48. The summed E-state index contributed by atoms with van der Waals surface area (Å²) in [4.78, 5) is 26.8. The van der Waals surface area contributed by atoms with E-state index in [1.165, 1.54) is 23.1 Å². The first kappa shape index (κ1) is 21.5. The van der Waals surface area contributed by atoms with Gasteiger partial charge in [-0.25, -0.2) is 8.78 Å². The molecule has 1 N–H and O–H groups in total. The van der Waals surface area contributed by atoms with Crippen molar-refractivity contribution in [2.45, 2.75) is 45.7 Å². The largest absolute Gasteiger partial charge is 0.354 e. The minimum atomic E-state index is -0.735. The highest BCUT2D eigenvalue weighted by molar-refractivity contribution is 5.88. The van der Waals surface area contributed by atoms with Crippen LogP contribution in [0.1, 0.15) is 37.8 Å². The van der Waals surface area contributed by atoms with E-state index in [-0.39, 0.29) is 36.2 Å². The predicted molar refractivity (Wildman–Crippen MR) is 104 cm³/mol. The zero-order valence-corrected chi connectivity index (χ0v) is 16.3. The standard InChI is InChI=1S/C22H26F2N2O2/c1-3-4-13-25-22(28)16(2)26(15-17-9-11-19(23)12-10-17)21(27)14-18-7-5-6-8-20(18)24/h5-12,16H,3-4,13-15H2,1-2H3,(H,25,28)/t16-/m0/s1. The Labute approximate surface area is 164 Å². The number of nitrogens with one attached hydrogen (secondary N) is 1. The minimum absolute atomic E-state index is 0.135. The Kier molecular flexibility index (Phi) is 8.11. The van der Waals surface area contributed by atoms with Gasteiger partial charge in [0.05, 0.1) is 6.42 Å². The van der Waals surface area contributed by atoms with Gasteiger partial charge >= 0.3 is 0 Å². The Morgan fingerprint density at radius 3 is 2.39 bits per heavy atom. The van der Waals surface area contributed by atoms with Crippen LogP contribution in [0.15, 0.2) is 48.5 Å². The van der Waals surface area contributed by atoms with Gasteiger partial charge < -0.3 is 10.2 Å². The van der Waals surface area contributed by atoms with Gasteiger partial charge in [-0.3, -0.25) is 9.59 Å². The van der Waals surface area contributed by atoms with E-state index in [0.717, 1.165) is 12.8 Å². The summed E-state index contributed by atoms with van der Waals surface area (Å²) in [5.74, 6) is -1.47. The molecule has 6 heteroatoms. The van der Waals surface area contributed by atoms with Gasteiger partial charge in [0.1, 0.15) is 17.7 Å². The molecule has 2 aromatic carbocycles. The number of hydrogen-bond donors (Lipinski definition) is 1. The highest BCUT2D eigenvalue weighted by Crippen LogP contribution is 2.15. The van der Waals surface area contributed by atoms with Crippen LogP contribution in [0.3, 0.4) is 0 Å². The Morgan fingerprint density at radius 1 is 1.07 bits per heavy atom. The molecule has 2 amide bonds. The average Bonchev–Trinajstić information content (AvgIpc) is 2.68. The van der Waals surface area contributed by atoms with Crippen molar-refractivity contribution in [3.63, 3.8) is 0 Å². The third-order valence-corrected chi connectivity index (χ3v) is 4.56. The number of hydrogen-bond acceptors (Lipinski definition) is 2. The molecule has 0 fully saturated rings. The van der Waals surface area contributed by atoms with Gasteiger partial charge in [0, 0.05) is 13.1 Å². The molecule has 0 saturated carbocycles. The van der Waals surface area contributed by atoms with E-state index < -0.39 is 11.9 Å². The molecule has 0 heterocycles. The molecule has 0 saturated heterocycles. The van der Waals surface area contributed by atoms with E-state index in [9.17, 15) is 18.4 Å². The van der Waals surface area contributed by atoms with E-state index in [4.69, 9.17) is 0 Å². The number of rotatable bonds is 9. The predicted octanol–water partition coefficient (Wildman–Crippen LogP) is 3.84. The van der Waals surface area contributed by atoms with Crippen molar-refractivity contribution in [3.8, 4) is 0 Å². The first-order valence-electron chi connectivity index (χ1n) is 9.47. The fraction of sp³-hybridized carbons (Fsp3) is 0.364. The summed E-state index contributed by atoms with van der Waals surface area (Å²) in [6, 6.07) is 11.1. The van der Waals surface area contributed by atoms with Crippen molar-refractivity contribution < 1.29 is 18.4 Å². The SMILES string of the molecule is CCCCNC(=O)[C@H](C)N(Cc1ccc(F)cc1)C(=O)Cc1ccccc1F. The molecule has 0 bridgehead atoms. The zero-order chi connectivity index (χ0) is 20.5. The molecule has 1 atom stereocenters. The van der Waals surface area contributed by atoms with Crippen molar-refractivity contribution in [1.29, 1.82) is 0 Å². The Hall–Kier alpha value is -2.76. The molecular formula is C22H26F2N2O2. The summed E-state index contributed by atoms with van der Waals surface area (Å²) in [7, 11) is 0. The van der Waals surface area contributed by atoms with Crippen molar-refractivity contribution in [2.24, 2.45) is 0 Å². The van der Waals surface area contributed by atoms with Crippen LogP contribution in [0.5, 0.6) is 0 Å². The number of benzene rings is 2. The quantitative estimate of drug-likeness (QED) is 0.664. The molecule has 0 aliphatic rings. The van der Waals surface area contributed by atoms with Gasteiger partial charge in [-0.2, -0.15) is 0 Å². The third kappa shape index (κ3) is 6.15. The molecule has 0 aromatic heterocycles. The van der Waals surface area contributed by atoms with E-state index in [2.05, 4.69) is 5.32 Å².